The minimum absolute atomic E-state index is 0.286. The molecule has 7 heteroatoms. The van der Waals surface area contributed by atoms with Crippen molar-refractivity contribution >= 4 is 17.9 Å². The summed E-state index contributed by atoms with van der Waals surface area (Å²) in [5.74, 6) is -1.19. The van der Waals surface area contributed by atoms with Crippen molar-refractivity contribution in [2.24, 2.45) is 5.92 Å². The maximum Gasteiger partial charge on any atom is 0.408 e. The van der Waals surface area contributed by atoms with E-state index < -0.39 is 29.7 Å². The summed E-state index contributed by atoms with van der Waals surface area (Å²) in [4.78, 5) is 40.3. The topological polar surface area (TPSA) is 87.7 Å². The largest absolute Gasteiger partial charge is 0.444 e. The molecule has 1 aromatic carbocycles. The average Bonchev–Trinajstić information content (AvgIpc) is 2.76. The molecular formula is C27H41N3O4. The van der Waals surface area contributed by atoms with Gasteiger partial charge in [-0.2, -0.15) is 0 Å². The van der Waals surface area contributed by atoms with Crippen LogP contribution in [0.3, 0.4) is 0 Å². The molecule has 0 aliphatic heterocycles. The molecule has 2 unspecified atom stereocenters. The summed E-state index contributed by atoms with van der Waals surface area (Å²) >= 11 is 0. The molecule has 0 saturated carbocycles. The van der Waals surface area contributed by atoms with E-state index in [1.165, 1.54) is 0 Å². The van der Waals surface area contributed by atoms with Gasteiger partial charge in [-0.1, -0.05) is 71.2 Å². The van der Waals surface area contributed by atoms with Crippen molar-refractivity contribution in [2.75, 3.05) is 6.54 Å². The molecule has 34 heavy (non-hydrogen) atoms. The van der Waals surface area contributed by atoms with Gasteiger partial charge in [0.2, 0.25) is 5.91 Å². The van der Waals surface area contributed by atoms with E-state index in [2.05, 4.69) is 23.6 Å². The lowest BCUT2D eigenvalue weighted by Gasteiger charge is -2.32. The van der Waals surface area contributed by atoms with Gasteiger partial charge in [0.15, 0.2) is 0 Å². The van der Waals surface area contributed by atoms with Gasteiger partial charge in [0.1, 0.15) is 17.7 Å². The van der Waals surface area contributed by atoms with Crippen LogP contribution in [-0.4, -0.2) is 41.0 Å². The first kappa shape index (κ1) is 29.0. The van der Waals surface area contributed by atoms with E-state index in [1.54, 1.807) is 34.6 Å². The number of nitrogens with zero attached hydrogens (tertiary/aromatic N) is 1. The lowest BCUT2D eigenvalue weighted by molar-refractivity contribution is -0.139. The van der Waals surface area contributed by atoms with Gasteiger partial charge in [0.05, 0.1) is 0 Å². The summed E-state index contributed by atoms with van der Waals surface area (Å²) in [5, 5.41) is 5.55. The molecule has 0 aliphatic rings. The van der Waals surface area contributed by atoms with Crippen LogP contribution in [0.2, 0.25) is 0 Å². The summed E-state index contributed by atoms with van der Waals surface area (Å²) in [6, 6.07) is 7.89. The maximum atomic E-state index is 13.6. The lowest BCUT2D eigenvalue weighted by atomic mass is 9.98. The number of hydrogen-bond acceptors (Lipinski definition) is 4. The lowest BCUT2D eigenvalue weighted by Crippen LogP contribution is -2.53. The van der Waals surface area contributed by atoms with Crippen LogP contribution in [0, 0.1) is 18.4 Å². The average molecular weight is 472 g/mol. The number of rotatable bonds is 11. The molecule has 0 saturated heterocycles. The zero-order chi connectivity index (χ0) is 25.9. The summed E-state index contributed by atoms with van der Waals surface area (Å²) < 4.78 is 5.32. The standard InChI is InChI=1S/C27H41N3O4/c1-9-12-13-18-28-24(31)23(21-16-14-20(10-2)15-17-21)30(11-3)25(32)22(19(4)5)29-26(33)34-27(6,7)8/h3,14-17,19,22-23H,9-10,12-13,18H2,1-2,4-8H3,(H,28,31)(H,29,33). The molecule has 0 fully saturated rings. The Bertz CT molecular complexity index is 850. The highest BCUT2D eigenvalue weighted by molar-refractivity contribution is 5.93. The third-order valence-corrected chi connectivity index (χ3v) is 5.27. The summed E-state index contributed by atoms with van der Waals surface area (Å²) in [5.41, 5.74) is 0.995. The predicted molar refractivity (Wildman–Crippen MR) is 135 cm³/mol. The second-order valence-electron chi connectivity index (χ2n) is 9.70. The smallest absolute Gasteiger partial charge is 0.408 e. The Morgan fingerprint density at radius 2 is 1.71 bits per heavy atom. The summed E-state index contributed by atoms with van der Waals surface area (Å²) in [6.07, 6.45) is 8.77. The third kappa shape index (κ3) is 9.09. The molecule has 0 radical (unpaired) electrons. The van der Waals surface area contributed by atoms with Crippen LogP contribution in [0.15, 0.2) is 24.3 Å². The third-order valence-electron chi connectivity index (χ3n) is 5.27. The molecule has 1 aromatic rings. The van der Waals surface area contributed by atoms with Gasteiger partial charge >= 0.3 is 6.09 Å². The number of aryl methyl sites for hydroxylation is 1. The predicted octanol–water partition coefficient (Wildman–Crippen LogP) is 4.57. The van der Waals surface area contributed by atoms with Crippen LogP contribution in [0.4, 0.5) is 4.79 Å². The van der Waals surface area contributed by atoms with Gasteiger partial charge in [0, 0.05) is 12.6 Å². The highest BCUT2D eigenvalue weighted by atomic mass is 16.6. The summed E-state index contributed by atoms with van der Waals surface area (Å²) in [7, 11) is 0. The Kier molecular flexibility index (Phi) is 11.6. The molecule has 7 nitrogen and oxygen atoms in total. The molecule has 2 N–H and O–H groups in total. The second-order valence-corrected chi connectivity index (χ2v) is 9.70. The molecule has 188 valence electrons. The number of alkyl carbamates (subject to hydrolysis) is 1. The Balaban J connectivity index is 3.27. The Labute approximate surface area is 205 Å². The van der Waals surface area contributed by atoms with Gasteiger partial charge in [-0.25, -0.2) is 4.79 Å². The van der Waals surface area contributed by atoms with Crippen LogP contribution in [0.5, 0.6) is 0 Å². The van der Waals surface area contributed by atoms with Gasteiger partial charge < -0.3 is 15.4 Å². The van der Waals surface area contributed by atoms with Gasteiger partial charge in [-0.05, 0) is 50.7 Å². The Morgan fingerprint density at radius 3 is 2.18 bits per heavy atom. The van der Waals surface area contributed by atoms with Crippen molar-refractivity contribution in [1.82, 2.24) is 15.5 Å². The van der Waals surface area contributed by atoms with Crippen molar-refractivity contribution < 1.29 is 19.1 Å². The number of carbonyl (C=O) groups is 3. The van der Waals surface area contributed by atoms with Crippen molar-refractivity contribution in [3.05, 3.63) is 35.4 Å². The monoisotopic (exact) mass is 471 g/mol. The Morgan fingerprint density at radius 1 is 1.09 bits per heavy atom. The first-order chi connectivity index (χ1) is 15.9. The highest BCUT2D eigenvalue weighted by Gasteiger charge is 2.37. The number of amides is 3. The number of terminal acetylenes is 1. The van der Waals surface area contributed by atoms with Crippen LogP contribution in [-0.2, 0) is 20.7 Å². The number of carbonyl (C=O) groups excluding carboxylic acids is 3. The molecule has 1 rings (SSSR count). The van der Waals surface area contributed by atoms with Crippen molar-refractivity contribution in [1.29, 1.82) is 0 Å². The highest BCUT2D eigenvalue weighted by Crippen LogP contribution is 2.24. The molecule has 0 bridgehead atoms. The zero-order valence-corrected chi connectivity index (χ0v) is 21.7. The first-order valence-electron chi connectivity index (χ1n) is 12.1. The quantitative estimate of drug-likeness (QED) is 0.281. The van der Waals surface area contributed by atoms with Gasteiger partial charge in [0.25, 0.3) is 5.91 Å². The number of ether oxygens (including phenoxy) is 1. The van der Waals surface area contributed by atoms with E-state index in [9.17, 15) is 14.4 Å². The normalized spacial score (nSPS) is 12.9. The van der Waals surface area contributed by atoms with E-state index >= 15 is 0 Å². The minimum Gasteiger partial charge on any atom is -0.444 e. The van der Waals surface area contributed by atoms with Crippen molar-refractivity contribution in [2.45, 2.75) is 91.8 Å². The van der Waals surface area contributed by atoms with E-state index in [0.29, 0.717) is 12.1 Å². The number of unbranched alkanes of at least 4 members (excludes halogenated alkanes) is 2. The second kappa shape index (κ2) is 13.6. The van der Waals surface area contributed by atoms with Crippen LogP contribution in [0.25, 0.3) is 0 Å². The van der Waals surface area contributed by atoms with Crippen molar-refractivity contribution in [3.8, 4) is 12.5 Å². The molecule has 0 aromatic heterocycles. The molecule has 2 atom stereocenters. The van der Waals surface area contributed by atoms with Gasteiger partial charge in [-0.3, -0.25) is 14.5 Å². The number of hydrogen-bond donors (Lipinski definition) is 2. The minimum atomic E-state index is -1.02. The molecule has 0 aliphatic carbocycles. The fourth-order valence-corrected chi connectivity index (χ4v) is 3.40. The van der Waals surface area contributed by atoms with Crippen LogP contribution in [0.1, 0.15) is 84.9 Å². The number of nitrogens with one attached hydrogen (secondary N) is 2. The van der Waals surface area contributed by atoms with Gasteiger partial charge in [-0.15, -0.1) is 0 Å². The maximum absolute atomic E-state index is 13.6. The molecule has 0 heterocycles. The van der Waals surface area contributed by atoms with E-state index in [0.717, 1.165) is 36.1 Å². The number of benzene rings is 1. The van der Waals surface area contributed by atoms with E-state index in [1.807, 2.05) is 31.2 Å². The zero-order valence-electron chi connectivity index (χ0n) is 21.7. The fourth-order valence-electron chi connectivity index (χ4n) is 3.40. The first-order valence-corrected chi connectivity index (χ1v) is 12.1. The molecule has 0 spiro atoms. The molecular weight excluding hydrogens is 430 g/mol. The summed E-state index contributed by atoms with van der Waals surface area (Å²) in [6.45, 7) is 13.4. The van der Waals surface area contributed by atoms with E-state index in [-0.39, 0.29) is 11.8 Å². The van der Waals surface area contributed by atoms with Crippen LogP contribution < -0.4 is 10.6 Å². The van der Waals surface area contributed by atoms with Crippen LogP contribution >= 0.6 is 0 Å². The Hall–Kier alpha value is -3.01. The van der Waals surface area contributed by atoms with E-state index in [4.69, 9.17) is 11.2 Å². The molecule has 3 amide bonds. The SMILES string of the molecule is C#CN(C(=O)C(NC(=O)OC(C)(C)C)C(C)C)C(C(=O)NCCCCC)c1ccc(CC)cc1. The fraction of sp³-hybridized carbons (Fsp3) is 0.593. The van der Waals surface area contributed by atoms with Crippen molar-refractivity contribution in [3.63, 3.8) is 0 Å².